The Morgan fingerprint density at radius 2 is 2.43 bits per heavy atom. The second kappa shape index (κ2) is 5.03. The Hall–Kier alpha value is -1.00. The average molecular weight is 312 g/mol. The van der Waals surface area contributed by atoms with E-state index in [0.29, 0.717) is 18.1 Å². The molecule has 2 heterocycles. The van der Waals surface area contributed by atoms with Crippen LogP contribution in [-0.4, -0.2) is 34.1 Å². The highest BCUT2D eigenvalue weighted by Crippen LogP contribution is 2.57. The van der Waals surface area contributed by atoms with Crippen LogP contribution in [0.15, 0.2) is 24.5 Å². The van der Waals surface area contributed by atoms with E-state index in [1.165, 1.54) is 0 Å². The predicted molar refractivity (Wildman–Crippen MR) is 80.8 cm³/mol. The van der Waals surface area contributed by atoms with Gasteiger partial charge < -0.3 is 15.2 Å². The topological polar surface area (TPSA) is 58.6 Å². The lowest BCUT2D eigenvalue weighted by Gasteiger charge is -2.58. The highest BCUT2D eigenvalue weighted by molar-refractivity contribution is 6.18. The third kappa shape index (κ3) is 1.82. The fraction of sp³-hybridized carbons (Fsp3) is 0.688. The molecule has 2 fully saturated rings. The van der Waals surface area contributed by atoms with Crippen molar-refractivity contribution in [3.8, 4) is 0 Å². The molecule has 5 atom stereocenters. The van der Waals surface area contributed by atoms with Crippen LogP contribution in [0.4, 0.5) is 0 Å². The van der Waals surface area contributed by atoms with Crippen LogP contribution < -0.4 is 5.32 Å². The molecule has 2 aliphatic heterocycles. The third-order valence-corrected chi connectivity index (χ3v) is 5.62. The molecule has 4 nitrogen and oxygen atoms in total. The Balaban J connectivity index is 1.94. The van der Waals surface area contributed by atoms with Crippen LogP contribution in [-0.2, 0) is 9.53 Å². The Bertz CT molecular complexity index is 506. The molecule has 0 spiro atoms. The maximum atomic E-state index is 12.3. The number of halogens is 1. The number of alkyl halides is 1. The van der Waals surface area contributed by atoms with Crippen LogP contribution in [0.3, 0.4) is 0 Å². The SMILES string of the molecule is C=C1O[C@@]2(C)[C@@H](CCCl)C(=O)N[C@@]12[C@H](O)[C@@H]1C=CCCC1. The van der Waals surface area contributed by atoms with Crippen molar-refractivity contribution in [2.75, 3.05) is 5.88 Å². The van der Waals surface area contributed by atoms with Gasteiger partial charge in [-0.15, -0.1) is 11.6 Å². The van der Waals surface area contributed by atoms with Gasteiger partial charge in [0.2, 0.25) is 5.91 Å². The van der Waals surface area contributed by atoms with Crippen LogP contribution in [0.5, 0.6) is 0 Å². The first-order valence-corrected chi connectivity index (χ1v) is 8.12. The maximum Gasteiger partial charge on any atom is 0.228 e. The van der Waals surface area contributed by atoms with Crippen LogP contribution >= 0.6 is 11.6 Å². The number of aliphatic hydroxyl groups excluding tert-OH is 1. The molecule has 21 heavy (non-hydrogen) atoms. The molecule has 2 N–H and O–H groups in total. The van der Waals surface area contributed by atoms with E-state index in [0.717, 1.165) is 19.3 Å². The number of hydrogen-bond donors (Lipinski definition) is 2. The molecule has 1 amide bonds. The minimum absolute atomic E-state index is 0.0220. The maximum absolute atomic E-state index is 12.3. The molecule has 0 aromatic carbocycles. The zero-order valence-corrected chi connectivity index (χ0v) is 13.0. The highest BCUT2D eigenvalue weighted by Gasteiger charge is 2.75. The van der Waals surface area contributed by atoms with Crippen molar-refractivity contribution >= 4 is 17.5 Å². The number of carbonyl (C=O) groups excluding carboxylic acids is 1. The molecule has 0 unspecified atom stereocenters. The molecule has 0 radical (unpaired) electrons. The smallest absolute Gasteiger partial charge is 0.228 e. The van der Waals surface area contributed by atoms with Crippen LogP contribution in [0, 0.1) is 11.8 Å². The average Bonchev–Trinajstić information content (AvgIpc) is 2.65. The highest BCUT2D eigenvalue weighted by atomic mass is 35.5. The largest absolute Gasteiger partial charge is 0.486 e. The summed E-state index contributed by atoms with van der Waals surface area (Å²) in [7, 11) is 0. The Morgan fingerprint density at radius 3 is 3.00 bits per heavy atom. The number of carbonyl (C=O) groups is 1. The van der Waals surface area contributed by atoms with E-state index in [-0.39, 0.29) is 17.7 Å². The summed E-state index contributed by atoms with van der Waals surface area (Å²) in [6.45, 7) is 5.79. The molecular weight excluding hydrogens is 290 g/mol. The third-order valence-electron chi connectivity index (χ3n) is 5.40. The number of fused-ring (bicyclic) bond motifs is 1. The molecule has 2 saturated heterocycles. The summed E-state index contributed by atoms with van der Waals surface area (Å²) in [6.07, 6.45) is 6.98. The van der Waals surface area contributed by atoms with Crippen LogP contribution in [0.2, 0.25) is 0 Å². The van der Waals surface area contributed by atoms with Gasteiger partial charge in [0.25, 0.3) is 0 Å². The normalized spacial score (nSPS) is 42.8. The summed E-state index contributed by atoms with van der Waals surface area (Å²) in [5, 5.41) is 13.9. The van der Waals surface area contributed by atoms with Crippen LogP contribution in [0.25, 0.3) is 0 Å². The molecule has 1 aliphatic carbocycles. The summed E-state index contributed by atoms with van der Waals surface area (Å²) in [5.74, 6) is 0.424. The minimum atomic E-state index is -0.882. The second-order valence-electron chi connectivity index (χ2n) is 6.43. The first kappa shape index (κ1) is 14.9. The molecule has 3 rings (SSSR count). The number of rotatable bonds is 4. The number of nitrogens with one attached hydrogen (secondary N) is 1. The van der Waals surface area contributed by atoms with Gasteiger partial charge in [0.1, 0.15) is 5.76 Å². The number of ether oxygens (including phenoxy) is 1. The summed E-state index contributed by atoms with van der Waals surface area (Å²) in [6, 6.07) is 0. The quantitative estimate of drug-likeness (QED) is 0.617. The number of amides is 1. The Kier molecular flexibility index (Phi) is 3.57. The first-order valence-electron chi connectivity index (χ1n) is 7.58. The second-order valence-corrected chi connectivity index (χ2v) is 6.81. The van der Waals surface area contributed by atoms with E-state index in [4.69, 9.17) is 16.3 Å². The van der Waals surface area contributed by atoms with Gasteiger partial charge in [0.05, 0.1) is 12.0 Å². The van der Waals surface area contributed by atoms with Gasteiger partial charge in [-0.2, -0.15) is 0 Å². The van der Waals surface area contributed by atoms with Gasteiger partial charge in [-0.25, -0.2) is 0 Å². The molecule has 0 saturated carbocycles. The lowest BCUT2D eigenvalue weighted by atomic mass is 9.63. The summed E-state index contributed by atoms with van der Waals surface area (Å²) in [4.78, 5) is 12.3. The van der Waals surface area contributed by atoms with E-state index in [1.807, 2.05) is 6.92 Å². The Morgan fingerprint density at radius 1 is 1.67 bits per heavy atom. The van der Waals surface area contributed by atoms with E-state index in [2.05, 4.69) is 24.0 Å². The molecule has 0 aromatic heterocycles. The van der Waals surface area contributed by atoms with Crippen molar-refractivity contribution in [1.82, 2.24) is 5.32 Å². The predicted octanol–water partition coefficient (Wildman–Crippen LogP) is 2.12. The first-order chi connectivity index (χ1) is 9.97. The number of allylic oxidation sites excluding steroid dienone is 1. The molecule has 0 bridgehead atoms. The standard InChI is InChI=1S/C16H22ClNO3/c1-10-16(13(19)11-6-4-3-5-7-11)15(2,21-10)12(8-9-17)14(20)18-16/h4,6,11-13,19H,1,3,5,7-9H2,2H3,(H,18,20)/t11-,12+,13-,15+,16-/m1/s1. The van der Waals surface area contributed by atoms with Crippen molar-refractivity contribution in [2.24, 2.45) is 11.8 Å². The minimum Gasteiger partial charge on any atom is -0.486 e. The van der Waals surface area contributed by atoms with Crippen molar-refractivity contribution in [3.63, 3.8) is 0 Å². The fourth-order valence-corrected chi connectivity index (χ4v) is 4.41. The van der Waals surface area contributed by atoms with Gasteiger partial charge >= 0.3 is 0 Å². The van der Waals surface area contributed by atoms with E-state index < -0.39 is 17.2 Å². The number of aliphatic hydroxyl groups is 1. The van der Waals surface area contributed by atoms with Crippen LogP contribution in [0.1, 0.15) is 32.6 Å². The van der Waals surface area contributed by atoms with Gasteiger partial charge in [-0.1, -0.05) is 18.7 Å². The summed E-state index contributed by atoms with van der Waals surface area (Å²) < 4.78 is 5.78. The van der Waals surface area contributed by atoms with Gasteiger partial charge in [0, 0.05) is 11.8 Å². The van der Waals surface area contributed by atoms with Crippen molar-refractivity contribution in [2.45, 2.75) is 49.9 Å². The van der Waals surface area contributed by atoms with Crippen molar-refractivity contribution in [3.05, 3.63) is 24.5 Å². The molecule has 5 heteroatoms. The summed E-state index contributed by atoms with van der Waals surface area (Å²) >= 11 is 5.82. The van der Waals surface area contributed by atoms with E-state index in [1.54, 1.807) is 0 Å². The summed E-state index contributed by atoms with van der Waals surface area (Å²) in [5.41, 5.74) is -1.64. The number of hydrogen-bond acceptors (Lipinski definition) is 3. The Labute approximate surface area is 130 Å². The lowest BCUT2D eigenvalue weighted by Crippen LogP contribution is -2.75. The zero-order valence-electron chi connectivity index (χ0n) is 12.3. The van der Waals surface area contributed by atoms with Gasteiger partial charge in [-0.3, -0.25) is 4.79 Å². The van der Waals surface area contributed by atoms with E-state index in [9.17, 15) is 9.90 Å². The van der Waals surface area contributed by atoms with E-state index >= 15 is 0 Å². The fourth-order valence-electron chi connectivity index (χ4n) is 4.19. The van der Waals surface area contributed by atoms with Gasteiger partial charge in [-0.05, 0) is 32.6 Å². The lowest BCUT2D eigenvalue weighted by molar-refractivity contribution is -0.201. The van der Waals surface area contributed by atoms with Crippen molar-refractivity contribution < 1.29 is 14.6 Å². The molecule has 116 valence electrons. The molecule has 3 aliphatic rings. The zero-order chi connectivity index (χ0) is 15.3. The molecular formula is C16H22ClNO3. The van der Waals surface area contributed by atoms with Crippen molar-refractivity contribution in [1.29, 1.82) is 0 Å². The van der Waals surface area contributed by atoms with Gasteiger partial charge in [0.15, 0.2) is 11.1 Å². The molecule has 0 aromatic rings. The monoisotopic (exact) mass is 311 g/mol.